The van der Waals surface area contributed by atoms with Crippen molar-refractivity contribution in [2.75, 3.05) is 31.2 Å². The summed E-state index contributed by atoms with van der Waals surface area (Å²) in [6.45, 7) is 25.3. The van der Waals surface area contributed by atoms with Gasteiger partial charge in [0.2, 0.25) is 5.69 Å². The summed E-state index contributed by atoms with van der Waals surface area (Å²) >= 11 is 3.24. The molecule has 5 aromatic rings. The summed E-state index contributed by atoms with van der Waals surface area (Å²) in [5.74, 6) is 2.23. The minimum Gasteiger partial charge on any atom is -0.871 e. The number of rotatable bonds is 28. The number of anilines is 1. The fourth-order valence-corrected chi connectivity index (χ4v) is 13.8. The first-order chi connectivity index (χ1) is 35.8. The second kappa shape index (κ2) is 24.3. The lowest BCUT2D eigenvalue weighted by Gasteiger charge is -2.33. The van der Waals surface area contributed by atoms with Crippen LogP contribution in [0.15, 0.2) is 89.4 Å². The molecule has 0 saturated heterocycles. The van der Waals surface area contributed by atoms with Crippen LogP contribution in [-0.2, 0) is 15.6 Å². The number of nitrogens with zero attached hydrogens (tertiary/aromatic N) is 2. The van der Waals surface area contributed by atoms with Gasteiger partial charge in [-0.3, -0.25) is 9.59 Å². The summed E-state index contributed by atoms with van der Waals surface area (Å²) in [7, 11) is 0. The number of hydrogen-bond donors (Lipinski definition) is 0. The van der Waals surface area contributed by atoms with Gasteiger partial charge < -0.3 is 19.5 Å². The first-order valence-electron chi connectivity index (χ1n) is 28.6. The van der Waals surface area contributed by atoms with E-state index in [0.29, 0.717) is 29.9 Å². The van der Waals surface area contributed by atoms with Gasteiger partial charge >= 0.3 is 0 Å². The number of thiophene rings is 2. The molecule has 0 saturated carbocycles. The van der Waals surface area contributed by atoms with Crippen LogP contribution in [0.25, 0.3) is 30.6 Å². The lowest BCUT2D eigenvalue weighted by molar-refractivity contribution is -0.438. The molecule has 0 N–H and O–H groups in total. The average Bonchev–Trinajstić information content (AvgIpc) is 4.15. The smallest absolute Gasteiger partial charge is 0.209 e. The van der Waals surface area contributed by atoms with Gasteiger partial charge in [0.1, 0.15) is 18.0 Å². The Morgan fingerprint density at radius 2 is 1.31 bits per heavy atom. The fourth-order valence-electron chi connectivity index (χ4n) is 11.6. The van der Waals surface area contributed by atoms with Gasteiger partial charge in [0.05, 0.1) is 32.9 Å². The number of aldehydes is 1. The molecule has 0 spiro atoms. The zero-order valence-electron chi connectivity index (χ0n) is 46.5. The van der Waals surface area contributed by atoms with Crippen molar-refractivity contribution in [1.82, 2.24) is 0 Å². The largest absolute Gasteiger partial charge is 0.871 e. The first kappa shape index (κ1) is 55.2. The number of carbonyl (C=O) groups excluding carboxylic acids is 2. The van der Waals surface area contributed by atoms with E-state index in [9.17, 15) is 14.7 Å². The van der Waals surface area contributed by atoms with Gasteiger partial charge in [-0.05, 0) is 98.9 Å². The van der Waals surface area contributed by atoms with Crippen molar-refractivity contribution in [3.63, 3.8) is 0 Å². The maximum absolute atomic E-state index is 14.4. The van der Waals surface area contributed by atoms with Gasteiger partial charge in [-0.25, -0.2) is 0 Å². The van der Waals surface area contributed by atoms with Gasteiger partial charge in [-0.2, -0.15) is 4.58 Å². The van der Waals surface area contributed by atoms with Crippen LogP contribution in [0.1, 0.15) is 193 Å². The van der Waals surface area contributed by atoms with Gasteiger partial charge in [0.25, 0.3) is 0 Å². The second-order valence-corrected chi connectivity index (χ2v) is 24.6. The highest BCUT2D eigenvalue weighted by atomic mass is 32.1. The lowest BCUT2D eigenvalue weighted by Crippen LogP contribution is -2.35. The Hall–Kier alpha value is -4.99. The van der Waals surface area contributed by atoms with E-state index in [1.54, 1.807) is 11.3 Å². The molecule has 396 valence electrons. The summed E-state index contributed by atoms with van der Waals surface area (Å²) in [6, 6.07) is 19.7. The monoisotopic (exact) mass is 1040 g/mol. The number of ether oxygens (including phenoxy) is 2. The van der Waals surface area contributed by atoms with Crippen molar-refractivity contribution in [1.29, 1.82) is 0 Å². The molecule has 0 fully saturated rings. The Labute approximate surface area is 451 Å². The minimum absolute atomic E-state index is 0.168. The van der Waals surface area contributed by atoms with Crippen molar-refractivity contribution in [2.45, 2.75) is 183 Å². The van der Waals surface area contributed by atoms with Crippen molar-refractivity contribution >= 4 is 72.0 Å². The second-order valence-electron chi connectivity index (χ2n) is 22.4. The molecule has 74 heavy (non-hydrogen) atoms. The van der Waals surface area contributed by atoms with Crippen LogP contribution in [0, 0.1) is 11.8 Å². The number of para-hydroxylation sites is 1. The SMILES string of the molecule is CCCCCCN1/C(=C\C2=C([O-])C(=C/C3=[N+](CCCCCC)c4ccc(-c5cc6c(OCC(CC)CCCC)c7sc(C=O)cc7c(OCC(CC)CCCC)c6s5)cc4C3(C)C)/C2=O)C(C)(C)c2ccccc21. The molecule has 3 aromatic carbocycles. The molecule has 2 aromatic heterocycles. The molecule has 2 aliphatic heterocycles. The molecule has 1 aliphatic carbocycles. The Morgan fingerprint density at radius 1 is 0.689 bits per heavy atom. The van der Waals surface area contributed by atoms with Crippen LogP contribution in [0.2, 0.25) is 0 Å². The summed E-state index contributed by atoms with van der Waals surface area (Å²) in [5, 5.41) is 16.4. The van der Waals surface area contributed by atoms with E-state index in [2.05, 4.69) is 127 Å². The van der Waals surface area contributed by atoms with Gasteiger partial charge in [-0.1, -0.05) is 150 Å². The van der Waals surface area contributed by atoms with Gasteiger partial charge in [0, 0.05) is 74.3 Å². The highest BCUT2D eigenvalue weighted by molar-refractivity contribution is 7.24. The predicted molar refractivity (Wildman–Crippen MR) is 312 cm³/mol. The summed E-state index contributed by atoms with van der Waals surface area (Å²) in [5.41, 5.74) is 7.54. The number of Topliss-reactive ketones (excluding diaryl/α,β-unsaturated/α-hetero) is 1. The number of unbranched alkanes of at least 4 members (excludes halogenated alkanes) is 8. The third kappa shape index (κ3) is 11.0. The zero-order chi connectivity index (χ0) is 52.7. The quantitative estimate of drug-likeness (QED) is 0.0215. The summed E-state index contributed by atoms with van der Waals surface area (Å²) in [4.78, 5) is 31.0. The van der Waals surface area contributed by atoms with Crippen LogP contribution < -0.4 is 19.5 Å². The molecule has 2 atom stereocenters. The fraction of sp³-hybridized carbons (Fsp3) is 0.523. The molecular formula is C65H84N2O5S2. The number of carbonyl (C=O) groups is 2. The maximum Gasteiger partial charge on any atom is 0.209 e. The highest BCUT2D eigenvalue weighted by Crippen LogP contribution is 2.53. The average molecular weight is 1040 g/mol. The van der Waals surface area contributed by atoms with E-state index in [1.165, 1.54) is 53.8 Å². The molecule has 3 aliphatic rings. The third-order valence-electron chi connectivity index (χ3n) is 16.5. The van der Waals surface area contributed by atoms with Crippen molar-refractivity contribution in [3.05, 3.63) is 105 Å². The Kier molecular flexibility index (Phi) is 18.2. The van der Waals surface area contributed by atoms with E-state index in [1.807, 2.05) is 18.2 Å². The van der Waals surface area contributed by atoms with Crippen molar-refractivity contribution in [3.8, 4) is 21.9 Å². The Bertz CT molecular complexity index is 2880. The predicted octanol–water partition coefficient (Wildman–Crippen LogP) is 17.1. The lowest BCUT2D eigenvalue weighted by atomic mass is 9.77. The molecule has 4 heterocycles. The number of benzene rings is 3. The van der Waals surface area contributed by atoms with Crippen LogP contribution >= 0.6 is 22.7 Å². The topological polar surface area (TPSA) is 81.9 Å². The first-order valence-corrected chi connectivity index (χ1v) is 30.2. The normalized spacial score (nSPS) is 17.8. The number of allylic oxidation sites excluding steroid dienone is 5. The molecule has 0 radical (unpaired) electrons. The molecular weight excluding hydrogens is 953 g/mol. The standard InChI is InChI=1S/C65H84N2O5S2/c1-11-17-21-25-33-66-53-30-24-23-29-51(53)64(7,8)56(66)38-47-58(69)48(59(47)70)39-57-65(9,10)52-35-45(31-32-54(52)67(57)34-26-22-18-12-2)55-37-50-61(72-42-44(16-6)28-20-14-4)62-49(36-46(40-68)73-62)60(63(50)74-55)71-41-43(15-5)27-19-13-3/h23-24,29-32,35-40,43-44H,11-22,25-28,33-34,41-42H2,1-10H3. The van der Waals surface area contributed by atoms with E-state index in [0.717, 1.165) is 156 Å². The van der Waals surface area contributed by atoms with Crippen LogP contribution in [0.5, 0.6) is 11.5 Å². The van der Waals surface area contributed by atoms with Crippen molar-refractivity contribution in [2.24, 2.45) is 11.8 Å². The minimum atomic E-state index is -0.503. The number of fused-ring (bicyclic) bond motifs is 4. The molecule has 0 bridgehead atoms. The van der Waals surface area contributed by atoms with Crippen molar-refractivity contribution < 1.29 is 28.7 Å². The molecule has 8 rings (SSSR count). The summed E-state index contributed by atoms with van der Waals surface area (Å²) < 4.78 is 18.3. The van der Waals surface area contributed by atoms with Gasteiger partial charge in [-0.15, -0.1) is 22.7 Å². The van der Waals surface area contributed by atoms with Crippen LogP contribution in [0.4, 0.5) is 11.4 Å². The van der Waals surface area contributed by atoms with Crippen LogP contribution in [0.3, 0.4) is 0 Å². The highest BCUT2D eigenvalue weighted by Gasteiger charge is 2.46. The number of ketones is 1. The van der Waals surface area contributed by atoms with E-state index >= 15 is 0 Å². The Morgan fingerprint density at radius 3 is 1.93 bits per heavy atom. The zero-order valence-corrected chi connectivity index (χ0v) is 48.1. The maximum atomic E-state index is 14.4. The van der Waals surface area contributed by atoms with E-state index in [-0.39, 0.29) is 28.1 Å². The molecule has 7 nitrogen and oxygen atoms in total. The van der Waals surface area contributed by atoms with E-state index < -0.39 is 5.41 Å². The Balaban J connectivity index is 1.19. The summed E-state index contributed by atoms with van der Waals surface area (Å²) in [6.07, 6.45) is 22.8. The third-order valence-corrected chi connectivity index (χ3v) is 18.7. The number of hydrogen-bond acceptors (Lipinski definition) is 8. The molecule has 0 amide bonds. The molecule has 2 unspecified atom stereocenters. The molecule has 9 heteroatoms. The van der Waals surface area contributed by atoms with Crippen LogP contribution in [-0.4, -0.2) is 48.7 Å². The van der Waals surface area contributed by atoms with Gasteiger partial charge in [0.15, 0.2) is 17.8 Å². The van der Waals surface area contributed by atoms with E-state index in [4.69, 9.17) is 9.47 Å².